The number of para-hydroxylation sites is 1. The highest BCUT2D eigenvalue weighted by molar-refractivity contribution is 6.15. The van der Waals surface area contributed by atoms with E-state index in [4.69, 9.17) is 5.11 Å². The van der Waals surface area contributed by atoms with Crippen molar-refractivity contribution in [2.24, 2.45) is 7.05 Å². The molecular formula is C14H11N3O3. The molecule has 0 fully saturated rings. The molecule has 3 aromatic rings. The van der Waals surface area contributed by atoms with E-state index in [0.29, 0.717) is 5.56 Å². The number of hydrogen-bond donors (Lipinski definition) is 2. The minimum Gasteiger partial charge on any atom is -0.477 e. The molecule has 0 amide bonds. The second-order valence-corrected chi connectivity index (χ2v) is 4.41. The van der Waals surface area contributed by atoms with Crippen molar-refractivity contribution < 1.29 is 14.7 Å². The van der Waals surface area contributed by atoms with Gasteiger partial charge in [0.2, 0.25) is 5.78 Å². The van der Waals surface area contributed by atoms with Gasteiger partial charge in [0.25, 0.3) is 0 Å². The number of benzene rings is 1. The van der Waals surface area contributed by atoms with Gasteiger partial charge in [0, 0.05) is 24.1 Å². The van der Waals surface area contributed by atoms with Crippen LogP contribution in [0.2, 0.25) is 0 Å². The molecule has 0 atom stereocenters. The molecule has 0 aliphatic carbocycles. The fraction of sp³-hybridized carbons (Fsp3) is 0.0714. The highest BCUT2D eigenvalue weighted by atomic mass is 16.4. The Hall–Kier alpha value is -2.89. The summed E-state index contributed by atoms with van der Waals surface area (Å²) in [5.41, 5.74) is 1.31. The SMILES string of the molecule is Cn1c(C(=O)O)cnc1C(=O)c1c[nH]c2ccccc12. The van der Waals surface area contributed by atoms with Crippen molar-refractivity contribution in [3.05, 3.63) is 53.7 Å². The van der Waals surface area contributed by atoms with Gasteiger partial charge >= 0.3 is 5.97 Å². The molecule has 3 rings (SSSR count). The molecule has 0 spiro atoms. The number of aromatic nitrogens is 3. The van der Waals surface area contributed by atoms with Crippen LogP contribution >= 0.6 is 0 Å². The molecule has 1 aromatic carbocycles. The summed E-state index contributed by atoms with van der Waals surface area (Å²) in [6.45, 7) is 0. The van der Waals surface area contributed by atoms with E-state index in [0.717, 1.165) is 10.9 Å². The van der Waals surface area contributed by atoms with Crippen LogP contribution in [0.25, 0.3) is 10.9 Å². The number of H-pyrrole nitrogens is 1. The van der Waals surface area contributed by atoms with Gasteiger partial charge in [-0.2, -0.15) is 0 Å². The second-order valence-electron chi connectivity index (χ2n) is 4.41. The maximum absolute atomic E-state index is 12.5. The van der Waals surface area contributed by atoms with Gasteiger partial charge in [-0.05, 0) is 6.07 Å². The number of aromatic amines is 1. The molecule has 0 saturated carbocycles. The summed E-state index contributed by atoms with van der Waals surface area (Å²) in [6, 6.07) is 7.41. The smallest absolute Gasteiger partial charge is 0.354 e. The Balaban J connectivity index is 2.11. The van der Waals surface area contributed by atoms with E-state index in [1.807, 2.05) is 24.3 Å². The van der Waals surface area contributed by atoms with Crippen molar-refractivity contribution in [2.45, 2.75) is 0 Å². The first-order valence-electron chi connectivity index (χ1n) is 5.95. The molecule has 0 bridgehead atoms. The van der Waals surface area contributed by atoms with Crippen molar-refractivity contribution in [3.63, 3.8) is 0 Å². The Bertz CT molecular complexity index is 829. The summed E-state index contributed by atoms with van der Waals surface area (Å²) in [4.78, 5) is 30.4. The third kappa shape index (κ3) is 1.70. The molecule has 0 radical (unpaired) electrons. The average molecular weight is 269 g/mol. The zero-order valence-corrected chi connectivity index (χ0v) is 10.6. The number of hydrogen-bond acceptors (Lipinski definition) is 3. The Morgan fingerprint density at radius 2 is 2.05 bits per heavy atom. The largest absolute Gasteiger partial charge is 0.477 e. The second kappa shape index (κ2) is 4.34. The quantitative estimate of drug-likeness (QED) is 0.710. The van der Waals surface area contributed by atoms with E-state index in [9.17, 15) is 9.59 Å². The number of nitrogens with zero attached hydrogens (tertiary/aromatic N) is 2. The Labute approximate surface area is 113 Å². The predicted octanol–water partition coefficient (Wildman–Crippen LogP) is 1.83. The minimum absolute atomic E-state index is 0.0202. The molecule has 20 heavy (non-hydrogen) atoms. The number of rotatable bonds is 3. The molecule has 0 aliphatic rings. The fourth-order valence-electron chi connectivity index (χ4n) is 2.20. The number of ketones is 1. The van der Waals surface area contributed by atoms with Crippen molar-refractivity contribution >= 4 is 22.7 Å². The van der Waals surface area contributed by atoms with Crippen LogP contribution in [0.15, 0.2) is 36.7 Å². The van der Waals surface area contributed by atoms with Gasteiger partial charge in [-0.3, -0.25) is 4.79 Å². The van der Waals surface area contributed by atoms with Gasteiger partial charge in [-0.15, -0.1) is 0 Å². The van der Waals surface area contributed by atoms with Gasteiger partial charge in [-0.25, -0.2) is 9.78 Å². The zero-order chi connectivity index (χ0) is 14.3. The highest BCUT2D eigenvalue weighted by Gasteiger charge is 2.21. The van der Waals surface area contributed by atoms with Crippen LogP contribution in [0.1, 0.15) is 26.7 Å². The average Bonchev–Trinajstić information content (AvgIpc) is 3.01. The molecule has 100 valence electrons. The molecular weight excluding hydrogens is 258 g/mol. The summed E-state index contributed by atoms with van der Waals surface area (Å²) in [7, 11) is 1.51. The number of imidazole rings is 1. The molecule has 6 heteroatoms. The van der Waals surface area contributed by atoms with Crippen molar-refractivity contribution in [1.29, 1.82) is 0 Å². The fourth-order valence-corrected chi connectivity index (χ4v) is 2.20. The van der Waals surface area contributed by atoms with E-state index in [2.05, 4.69) is 9.97 Å². The standard InChI is InChI=1S/C14H11N3O3/c1-17-11(14(19)20)7-16-13(17)12(18)9-6-15-10-5-3-2-4-8(9)10/h2-7,15H,1H3,(H,19,20). The Morgan fingerprint density at radius 1 is 1.30 bits per heavy atom. The van der Waals surface area contributed by atoms with Gasteiger partial charge in [-0.1, -0.05) is 18.2 Å². The summed E-state index contributed by atoms with van der Waals surface area (Å²) in [5.74, 6) is -1.32. The lowest BCUT2D eigenvalue weighted by atomic mass is 10.1. The van der Waals surface area contributed by atoms with Crippen LogP contribution in [-0.2, 0) is 7.05 Å². The Kier molecular flexibility index (Phi) is 2.64. The number of nitrogens with one attached hydrogen (secondary N) is 1. The Morgan fingerprint density at radius 3 is 2.75 bits per heavy atom. The van der Waals surface area contributed by atoms with Crippen LogP contribution in [0.3, 0.4) is 0 Å². The van der Waals surface area contributed by atoms with Crippen molar-refractivity contribution in [1.82, 2.24) is 14.5 Å². The number of carbonyl (C=O) groups excluding carboxylic acids is 1. The van der Waals surface area contributed by atoms with E-state index in [1.165, 1.54) is 17.8 Å². The van der Waals surface area contributed by atoms with E-state index < -0.39 is 5.97 Å². The minimum atomic E-state index is -1.11. The normalized spacial score (nSPS) is 10.8. The van der Waals surface area contributed by atoms with Crippen LogP contribution < -0.4 is 0 Å². The zero-order valence-electron chi connectivity index (χ0n) is 10.6. The van der Waals surface area contributed by atoms with E-state index in [1.54, 1.807) is 6.20 Å². The maximum atomic E-state index is 12.5. The first-order chi connectivity index (χ1) is 9.59. The first kappa shape index (κ1) is 12.2. The third-order valence-electron chi connectivity index (χ3n) is 3.24. The number of carboxylic acids is 1. The molecule has 2 aromatic heterocycles. The summed E-state index contributed by atoms with van der Waals surface area (Å²) in [5, 5.41) is 9.77. The third-order valence-corrected chi connectivity index (χ3v) is 3.24. The molecule has 0 unspecified atom stereocenters. The lowest BCUT2D eigenvalue weighted by Crippen LogP contribution is -2.12. The van der Waals surface area contributed by atoms with Gasteiger partial charge in [0.1, 0.15) is 5.69 Å². The number of fused-ring (bicyclic) bond motifs is 1. The van der Waals surface area contributed by atoms with E-state index in [-0.39, 0.29) is 17.3 Å². The molecule has 6 nitrogen and oxygen atoms in total. The van der Waals surface area contributed by atoms with Gasteiger partial charge in [0.05, 0.1) is 11.8 Å². The van der Waals surface area contributed by atoms with Crippen molar-refractivity contribution in [3.8, 4) is 0 Å². The lowest BCUT2D eigenvalue weighted by Gasteiger charge is -2.01. The van der Waals surface area contributed by atoms with Crippen LogP contribution in [0, 0.1) is 0 Å². The first-order valence-corrected chi connectivity index (χ1v) is 5.95. The monoisotopic (exact) mass is 269 g/mol. The van der Waals surface area contributed by atoms with Gasteiger partial charge < -0.3 is 14.7 Å². The number of carboxylic acid groups (broad SMARTS) is 1. The topological polar surface area (TPSA) is 88.0 Å². The van der Waals surface area contributed by atoms with E-state index >= 15 is 0 Å². The van der Waals surface area contributed by atoms with Crippen LogP contribution in [0.4, 0.5) is 0 Å². The summed E-state index contributed by atoms with van der Waals surface area (Å²) >= 11 is 0. The summed E-state index contributed by atoms with van der Waals surface area (Å²) < 4.78 is 1.28. The number of carbonyl (C=O) groups is 2. The molecule has 2 heterocycles. The predicted molar refractivity (Wildman–Crippen MR) is 71.9 cm³/mol. The molecule has 2 N–H and O–H groups in total. The van der Waals surface area contributed by atoms with Crippen molar-refractivity contribution in [2.75, 3.05) is 0 Å². The maximum Gasteiger partial charge on any atom is 0.354 e. The van der Waals surface area contributed by atoms with Gasteiger partial charge in [0.15, 0.2) is 5.82 Å². The molecule has 0 saturated heterocycles. The lowest BCUT2D eigenvalue weighted by molar-refractivity contribution is 0.0686. The van der Waals surface area contributed by atoms with Crippen LogP contribution in [0.5, 0.6) is 0 Å². The highest BCUT2D eigenvalue weighted by Crippen LogP contribution is 2.20. The molecule has 0 aliphatic heterocycles. The summed E-state index contributed by atoms with van der Waals surface area (Å²) in [6.07, 6.45) is 2.80. The van der Waals surface area contributed by atoms with Crippen LogP contribution in [-0.4, -0.2) is 31.4 Å². The number of aromatic carboxylic acids is 1.